The Morgan fingerprint density at radius 2 is 1.93 bits per heavy atom. The lowest BCUT2D eigenvalue weighted by Crippen LogP contribution is -2.30. The Labute approximate surface area is 169 Å². The van der Waals surface area contributed by atoms with Gasteiger partial charge in [-0.2, -0.15) is 16.9 Å². The molecule has 142 valence electrons. The number of carbonyl (C=O) groups excluding carboxylic acids is 1. The van der Waals surface area contributed by atoms with Gasteiger partial charge in [0.05, 0.1) is 12.0 Å². The maximum atomic E-state index is 11.9. The number of hydrazone groups is 1. The zero-order chi connectivity index (χ0) is 19.1. The molecular formula is C21H24N2O2S2. The molecule has 27 heavy (non-hydrogen) atoms. The summed E-state index contributed by atoms with van der Waals surface area (Å²) < 4.78 is 5.81. The van der Waals surface area contributed by atoms with E-state index >= 15 is 0 Å². The average molecular weight is 401 g/mol. The fraction of sp³-hybridized carbons (Fsp3) is 0.333. The highest BCUT2D eigenvalue weighted by Crippen LogP contribution is 2.23. The van der Waals surface area contributed by atoms with Gasteiger partial charge < -0.3 is 4.74 Å². The predicted octanol–water partition coefficient (Wildman–Crippen LogP) is 4.18. The highest BCUT2D eigenvalue weighted by Gasteiger charge is 2.19. The summed E-state index contributed by atoms with van der Waals surface area (Å²) >= 11 is 3.49. The lowest BCUT2D eigenvalue weighted by Gasteiger charge is -2.25. The first-order valence-electron chi connectivity index (χ1n) is 8.90. The Kier molecular flexibility index (Phi) is 7.24. The molecular weight excluding hydrogens is 376 g/mol. The summed E-state index contributed by atoms with van der Waals surface area (Å²) in [4.78, 5) is 11.9. The van der Waals surface area contributed by atoms with Crippen molar-refractivity contribution >= 4 is 35.6 Å². The molecule has 0 aromatic heterocycles. The summed E-state index contributed by atoms with van der Waals surface area (Å²) in [7, 11) is 0. The van der Waals surface area contributed by atoms with E-state index < -0.39 is 0 Å². The van der Waals surface area contributed by atoms with Crippen molar-refractivity contribution in [1.82, 2.24) is 5.43 Å². The van der Waals surface area contributed by atoms with Gasteiger partial charge in [0.15, 0.2) is 0 Å². The van der Waals surface area contributed by atoms with E-state index in [-0.39, 0.29) is 5.91 Å². The van der Waals surface area contributed by atoms with Crippen LogP contribution in [0.15, 0.2) is 47.6 Å². The second-order valence-electron chi connectivity index (χ2n) is 6.63. The molecule has 0 aliphatic carbocycles. The minimum Gasteiger partial charge on any atom is -0.489 e. The maximum Gasteiger partial charge on any atom is 0.250 e. The van der Waals surface area contributed by atoms with Crippen LogP contribution in [0.3, 0.4) is 0 Å². The predicted molar refractivity (Wildman–Crippen MR) is 116 cm³/mol. The molecule has 0 spiro atoms. The summed E-state index contributed by atoms with van der Waals surface area (Å²) in [5.74, 6) is 4.12. The van der Waals surface area contributed by atoms with Gasteiger partial charge in [-0.3, -0.25) is 4.79 Å². The average Bonchev–Trinajstić information content (AvgIpc) is 2.58. The van der Waals surface area contributed by atoms with Crippen LogP contribution in [-0.4, -0.2) is 35.5 Å². The van der Waals surface area contributed by atoms with E-state index in [1.165, 1.54) is 16.7 Å². The van der Waals surface area contributed by atoms with Gasteiger partial charge in [-0.05, 0) is 49.2 Å². The van der Waals surface area contributed by atoms with Crippen LogP contribution in [0.5, 0.6) is 5.75 Å². The topological polar surface area (TPSA) is 50.7 Å². The van der Waals surface area contributed by atoms with Gasteiger partial charge in [-0.25, -0.2) is 5.43 Å². The van der Waals surface area contributed by atoms with Gasteiger partial charge in [0, 0.05) is 17.3 Å². The monoisotopic (exact) mass is 400 g/mol. The number of nitrogens with zero attached hydrogens (tertiary/aromatic N) is 1. The molecule has 1 aliphatic rings. The van der Waals surface area contributed by atoms with Crippen LogP contribution in [-0.2, 0) is 10.5 Å². The third kappa shape index (κ3) is 6.63. The number of ether oxygens (including phenoxy) is 1. The van der Waals surface area contributed by atoms with Crippen molar-refractivity contribution in [2.24, 2.45) is 5.10 Å². The molecule has 4 nitrogen and oxygen atoms in total. The van der Waals surface area contributed by atoms with Crippen molar-refractivity contribution in [3.63, 3.8) is 0 Å². The Balaban J connectivity index is 1.37. The second kappa shape index (κ2) is 9.85. The van der Waals surface area contributed by atoms with Gasteiger partial charge >= 0.3 is 0 Å². The van der Waals surface area contributed by atoms with E-state index in [2.05, 4.69) is 42.6 Å². The molecule has 1 fully saturated rings. The van der Waals surface area contributed by atoms with Gasteiger partial charge in [-0.15, -0.1) is 11.8 Å². The first-order chi connectivity index (χ1) is 13.1. The minimum absolute atomic E-state index is 0.0944. The van der Waals surface area contributed by atoms with Crippen LogP contribution >= 0.6 is 23.5 Å². The van der Waals surface area contributed by atoms with Crippen LogP contribution < -0.4 is 10.2 Å². The molecule has 3 rings (SSSR count). The van der Waals surface area contributed by atoms with Crippen LogP contribution in [0.1, 0.15) is 22.3 Å². The normalized spacial score (nSPS) is 14.1. The van der Waals surface area contributed by atoms with Crippen LogP contribution in [0.25, 0.3) is 0 Å². The fourth-order valence-electron chi connectivity index (χ4n) is 2.73. The van der Waals surface area contributed by atoms with E-state index in [1.807, 2.05) is 36.0 Å². The number of rotatable bonds is 8. The number of aryl methyl sites for hydroxylation is 2. The lowest BCUT2D eigenvalue weighted by atomic mass is 10.1. The molecule has 2 aromatic rings. The smallest absolute Gasteiger partial charge is 0.250 e. The number of thioether (sulfide) groups is 2. The molecule has 1 N–H and O–H groups in total. The summed E-state index contributed by atoms with van der Waals surface area (Å²) in [6, 6.07) is 14.2. The van der Waals surface area contributed by atoms with E-state index in [0.29, 0.717) is 11.9 Å². The SMILES string of the molecule is Cc1cc(C)cc(CSCC(=O)NN=Cc2ccc(OC3CSC3)cc2)c1. The van der Waals surface area contributed by atoms with E-state index in [9.17, 15) is 4.79 Å². The van der Waals surface area contributed by atoms with Gasteiger partial charge in [0.25, 0.3) is 0 Å². The number of nitrogens with one attached hydrogen (secondary N) is 1. The number of carbonyl (C=O) groups is 1. The highest BCUT2D eigenvalue weighted by atomic mass is 32.2. The van der Waals surface area contributed by atoms with Crippen LogP contribution in [0.4, 0.5) is 0 Å². The van der Waals surface area contributed by atoms with Gasteiger partial charge in [0.2, 0.25) is 5.91 Å². The zero-order valence-corrected chi connectivity index (χ0v) is 17.2. The number of hydrogen-bond donors (Lipinski definition) is 1. The molecule has 0 bridgehead atoms. The molecule has 6 heteroatoms. The largest absolute Gasteiger partial charge is 0.489 e. The summed E-state index contributed by atoms with van der Waals surface area (Å²) in [6.07, 6.45) is 1.99. The van der Waals surface area contributed by atoms with Gasteiger partial charge in [-0.1, -0.05) is 29.3 Å². The van der Waals surface area contributed by atoms with Crippen LogP contribution in [0, 0.1) is 13.8 Å². The zero-order valence-electron chi connectivity index (χ0n) is 15.6. The van der Waals surface area contributed by atoms with E-state index in [4.69, 9.17) is 4.74 Å². The molecule has 1 heterocycles. The van der Waals surface area contributed by atoms with Crippen molar-refractivity contribution in [2.45, 2.75) is 25.7 Å². The summed E-state index contributed by atoms with van der Waals surface area (Å²) in [5, 5.41) is 4.03. The summed E-state index contributed by atoms with van der Waals surface area (Å²) in [5.41, 5.74) is 7.26. The molecule has 1 amide bonds. The van der Waals surface area contributed by atoms with Crippen molar-refractivity contribution in [3.8, 4) is 5.75 Å². The first kappa shape index (κ1) is 19.8. The summed E-state index contributed by atoms with van der Waals surface area (Å²) in [6.45, 7) is 4.18. The lowest BCUT2D eigenvalue weighted by molar-refractivity contribution is -0.118. The van der Waals surface area contributed by atoms with Crippen molar-refractivity contribution in [3.05, 3.63) is 64.7 Å². The second-order valence-corrected chi connectivity index (χ2v) is 8.69. The molecule has 0 saturated carbocycles. The van der Waals surface area contributed by atoms with E-state index in [0.717, 1.165) is 28.6 Å². The Morgan fingerprint density at radius 3 is 2.56 bits per heavy atom. The highest BCUT2D eigenvalue weighted by molar-refractivity contribution is 8.00. The molecule has 0 radical (unpaired) electrons. The Morgan fingerprint density at radius 1 is 1.22 bits per heavy atom. The van der Waals surface area contributed by atoms with Crippen LogP contribution in [0.2, 0.25) is 0 Å². The molecule has 1 saturated heterocycles. The number of benzene rings is 2. The van der Waals surface area contributed by atoms with Gasteiger partial charge in [0.1, 0.15) is 11.9 Å². The number of hydrogen-bond acceptors (Lipinski definition) is 5. The molecule has 1 aliphatic heterocycles. The Hall–Kier alpha value is -1.92. The third-order valence-electron chi connectivity index (χ3n) is 3.98. The van der Waals surface area contributed by atoms with E-state index in [1.54, 1.807) is 18.0 Å². The maximum absolute atomic E-state index is 11.9. The molecule has 2 aromatic carbocycles. The van der Waals surface area contributed by atoms with Crippen molar-refractivity contribution < 1.29 is 9.53 Å². The third-order valence-corrected chi connectivity index (χ3v) is 6.20. The molecule has 0 unspecified atom stereocenters. The standard InChI is InChI=1S/C21H24N2O2S2/c1-15-7-16(2)9-18(8-15)11-26-14-21(24)23-22-10-17-3-5-19(6-4-17)25-20-12-27-13-20/h3-10,20H,11-14H2,1-2H3,(H,23,24). The Bertz CT molecular complexity index is 782. The van der Waals surface area contributed by atoms with Crippen molar-refractivity contribution in [1.29, 1.82) is 0 Å². The fourth-order valence-corrected chi connectivity index (χ4v) is 4.05. The van der Waals surface area contributed by atoms with Crippen molar-refractivity contribution in [2.75, 3.05) is 17.3 Å². The quantitative estimate of drug-likeness (QED) is 0.533. The number of amides is 1. The minimum atomic E-state index is -0.0944. The first-order valence-corrected chi connectivity index (χ1v) is 11.2. The molecule has 0 atom stereocenters.